The van der Waals surface area contributed by atoms with Crippen LogP contribution in [0.5, 0.6) is 0 Å². The van der Waals surface area contributed by atoms with Crippen molar-refractivity contribution in [1.82, 2.24) is 10.2 Å². The van der Waals surface area contributed by atoms with Crippen molar-refractivity contribution in [2.45, 2.75) is 53.1 Å². The van der Waals surface area contributed by atoms with E-state index in [-0.39, 0.29) is 19.0 Å². The molecule has 2 rings (SSSR count). The van der Waals surface area contributed by atoms with E-state index in [0.717, 1.165) is 40.1 Å². The molecule has 0 spiro atoms. The summed E-state index contributed by atoms with van der Waals surface area (Å²) in [7, 11) is -3.72. The Balaban J connectivity index is 2.33. The first-order valence-corrected chi connectivity index (χ1v) is 13.0. The van der Waals surface area contributed by atoms with Gasteiger partial charge >= 0.3 is 0 Å². The fourth-order valence-electron chi connectivity index (χ4n) is 3.41. The zero-order valence-electron chi connectivity index (χ0n) is 20.2. The number of nitrogens with one attached hydrogen (secondary N) is 1. The lowest BCUT2D eigenvalue weighted by molar-refractivity contribution is -0.139. The number of benzene rings is 2. The van der Waals surface area contributed by atoms with Crippen LogP contribution in [0.4, 0.5) is 5.69 Å². The topological polar surface area (TPSA) is 86.8 Å². The molecule has 2 aromatic carbocycles. The van der Waals surface area contributed by atoms with Crippen molar-refractivity contribution >= 4 is 27.5 Å². The van der Waals surface area contributed by atoms with Crippen LogP contribution in [0.2, 0.25) is 0 Å². The third kappa shape index (κ3) is 7.89. The van der Waals surface area contributed by atoms with Gasteiger partial charge in [-0.2, -0.15) is 0 Å². The minimum Gasteiger partial charge on any atom is -0.354 e. The Hall–Kier alpha value is -2.87. The molecule has 2 amide bonds. The molecule has 0 bridgehead atoms. The van der Waals surface area contributed by atoms with E-state index in [0.29, 0.717) is 12.2 Å². The number of nitrogens with zero attached hydrogens (tertiary/aromatic N) is 2. The molecule has 0 aliphatic rings. The molecular formula is C25H35N3O4S. The Morgan fingerprint density at radius 3 is 2.27 bits per heavy atom. The lowest BCUT2D eigenvalue weighted by atomic mass is 10.1. The molecule has 2 aromatic rings. The summed E-state index contributed by atoms with van der Waals surface area (Å²) < 4.78 is 26.2. The average Bonchev–Trinajstić information content (AvgIpc) is 2.75. The third-order valence-corrected chi connectivity index (χ3v) is 6.58. The van der Waals surface area contributed by atoms with Gasteiger partial charge in [0.1, 0.15) is 12.6 Å². The average molecular weight is 474 g/mol. The molecule has 7 nitrogen and oxygen atoms in total. The second kappa shape index (κ2) is 11.8. The second-order valence-electron chi connectivity index (χ2n) is 8.44. The van der Waals surface area contributed by atoms with Crippen LogP contribution in [-0.2, 0) is 26.2 Å². The van der Waals surface area contributed by atoms with Crippen molar-refractivity contribution in [2.24, 2.45) is 0 Å². The summed E-state index contributed by atoms with van der Waals surface area (Å²) in [5.41, 5.74) is 3.25. The van der Waals surface area contributed by atoms with Gasteiger partial charge in [0.2, 0.25) is 21.8 Å². The van der Waals surface area contributed by atoms with E-state index in [1.165, 1.54) is 4.90 Å². The van der Waals surface area contributed by atoms with Crippen LogP contribution in [0, 0.1) is 13.8 Å². The van der Waals surface area contributed by atoms with Gasteiger partial charge in [-0.15, -0.1) is 0 Å². The quantitative estimate of drug-likeness (QED) is 0.507. The molecule has 8 heteroatoms. The fourth-order valence-corrected chi connectivity index (χ4v) is 4.25. The highest BCUT2D eigenvalue weighted by molar-refractivity contribution is 7.92. The molecule has 0 aromatic heterocycles. The highest BCUT2D eigenvalue weighted by Crippen LogP contribution is 2.20. The number of anilines is 1. The second-order valence-corrected chi connectivity index (χ2v) is 10.3. The number of unbranched alkanes of at least 4 members (excludes halogenated alkanes) is 1. The predicted molar refractivity (Wildman–Crippen MR) is 132 cm³/mol. The first-order valence-electron chi connectivity index (χ1n) is 11.2. The van der Waals surface area contributed by atoms with Crippen LogP contribution in [0.15, 0.2) is 48.5 Å². The van der Waals surface area contributed by atoms with Crippen LogP contribution < -0.4 is 9.62 Å². The van der Waals surface area contributed by atoms with Gasteiger partial charge in [0.05, 0.1) is 11.9 Å². The number of hydrogen-bond donors (Lipinski definition) is 1. The molecule has 33 heavy (non-hydrogen) atoms. The summed E-state index contributed by atoms with van der Waals surface area (Å²) in [4.78, 5) is 27.7. The first kappa shape index (κ1) is 26.4. The summed E-state index contributed by atoms with van der Waals surface area (Å²) in [5, 5.41) is 2.87. The number of amides is 2. The number of carbonyl (C=O) groups excluding carboxylic acids is 2. The lowest BCUT2D eigenvalue weighted by Crippen LogP contribution is -2.51. The van der Waals surface area contributed by atoms with Crippen molar-refractivity contribution in [3.63, 3.8) is 0 Å². The summed E-state index contributed by atoms with van der Waals surface area (Å²) in [6.07, 6.45) is 2.87. The van der Waals surface area contributed by atoms with Crippen molar-refractivity contribution in [3.05, 3.63) is 65.2 Å². The molecule has 0 saturated heterocycles. The van der Waals surface area contributed by atoms with Gasteiger partial charge < -0.3 is 10.2 Å². The molecule has 1 unspecified atom stereocenters. The molecule has 0 saturated carbocycles. The van der Waals surface area contributed by atoms with Gasteiger partial charge in [-0.1, -0.05) is 55.3 Å². The van der Waals surface area contributed by atoms with E-state index in [4.69, 9.17) is 0 Å². The Labute approximate surface area is 197 Å². The third-order valence-electron chi connectivity index (χ3n) is 5.44. The molecule has 1 atom stereocenters. The van der Waals surface area contributed by atoms with Gasteiger partial charge in [-0.3, -0.25) is 13.9 Å². The standard InChI is InChI=1S/C25H35N3O4S/c1-6-7-15-26-25(30)21(4)27(17-22-13-11-19(2)12-14-22)24(29)18-28(33(5,31)32)23-10-8-9-20(3)16-23/h8-14,16,21H,6-7,15,17-18H2,1-5H3,(H,26,30). The first-order chi connectivity index (χ1) is 15.5. The van der Waals surface area contributed by atoms with Crippen molar-refractivity contribution < 1.29 is 18.0 Å². The monoisotopic (exact) mass is 473 g/mol. The van der Waals surface area contributed by atoms with Gasteiger partial charge in [0.25, 0.3) is 0 Å². The smallest absolute Gasteiger partial charge is 0.244 e. The van der Waals surface area contributed by atoms with Gasteiger partial charge in [-0.25, -0.2) is 8.42 Å². The van der Waals surface area contributed by atoms with Gasteiger partial charge in [0.15, 0.2) is 0 Å². The van der Waals surface area contributed by atoms with E-state index in [1.54, 1.807) is 25.1 Å². The number of rotatable bonds is 11. The summed E-state index contributed by atoms with van der Waals surface area (Å²) in [6, 6.07) is 13.9. The van der Waals surface area contributed by atoms with Crippen LogP contribution in [0.25, 0.3) is 0 Å². The Kier molecular flexibility index (Phi) is 9.46. The van der Waals surface area contributed by atoms with E-state index < -0.39 is 22.0 Å². The SMILES string of the molecule is CCCCNC(=O)C(C)N(Cc1ccc(C)cc1)C(=O)CN(c1cccc(C)c1)S(C)(=O)=O. The molecule has 0 heterocycles. The zero-order valence-corrected chi connectivity index (χ0v) is 21.0. The minimum absolute atomic E-state index is 0.201. The fraction of sp³-hybridized carbons (Fsp3) is 0.440. The molecular weight excluding hydrogens is 438 g/mol. The van der Waals surface area contributed by atoms with E-state index in [2.05, 4.69) is 5.32 Å². The maximum atomic E-state index is 13.4. The van der Waals surface area contributed by atoms with Crippen molar-refractivity contribution in [1.29, 1.82) is 0 Å². The van der Waals surface area contributed by atoms with E-state index >= 15 is 0 Å². The molecule has 0 fully saturated rings. The summed E-state index contributed by atoms with van der Waals surface area (Å²) in [6.45, 7) is 7.89. The zero-order chi connectivity index (χ0) is 24.6. The Morgan fingerprint density at radius 1 is 1.03 bits per heavy atom. The molecule has 0 radical (unpaired) electrons. The minimum atomic E-state index is -3.72. The van der Waals surface area contributed by atoms with E-state index in [1.807, 2.05) is 51.1 Å². The highest BCUT2D eigenvalue weighted by Gasteiger charge is 2.30. The maximum Gasteiger partial charge on any atom is 0.244 e. The van der Waals surface area contributed by atoms with Crippen LogP contribution in [0.3, 0.4) is 0 Å². The molecule has 1 N–H and O–H groups in total. The molecule has 180 valence electrons. The lowest BCUT2D eigenvalue weighted by Gasteiger charge is -2.31. The maximum absolute atomic E-state index is 13.4. The number of hydrogen-bond acceptors (Lipinski definition) is 4. The van der Waals surface area contributed by atoms with E-state index in [9.17, 15) is 18.0 Å². The van der Waals surface area contributed by atoms with Gasteiger partial charge in [-0.05, 0) is 50.5 Å². The van der Waals surface area contributed by atoms with Crippen molar-refractivity contribution in [3.8, 4) is 0 Å². The normalized spacial score (nSPS) is 12.2. The van der Waals surface area contributed by atoms with Crippen molar-refractivity contribution in [2.75, 3.05) is 23.7 Å². The predicted octanol–water partition coefficient (Wildman–Crippen LogP) is 3.40. The summed E-state index contributed by atoms with van der Waals surface area (Å²) >= 11 is 0. The Morgan fingerprint density at radius 2 is 1.70 bits per heavy atom. The van der Waals surface area contributed by atoms with Crippen LogP contribution in [-0.4, -0.2) is 50.5 Å². The number of carbonyl (C=O) groups is 2. The van der Waals surface area contributed by atoms with Crippen LogP contribution in [0.1, 0.15) is 43.4 Å². The largest absolute Gasteiger partial charge is 0.354 e. The Bertz CT molecular complexity index is 1050. The number of sulfonamides is 1. The summed E-state index contributed by atoms with van der Waals surface area (Å²) in [5.74, 6) is -0.703. The van der Waals surface area contributed by atoms with Gasteiger partial charge in [0, 0.05) is 13.1 Å². The highest BCUT2D eigenvalue weighted by atomic mass is 32.2. The van der Waals surface area contributed by atoms with Crippen LogP contribution >= 0.6 is 0 Å². The molecule has 0 aliphatic heterocycles. The number of aryl methyl sites for hydroxylation is 2. The molecule has 0 aliphatic carbocycles.